The molecule has 1 amide bonds. The van der Waals surface area contributed by atoms with Gasteiger partial charge in [0.05, 0.1) is 18.5 Å². The van der Waals surface area contributed by atoms with Crippen LogP contribution < -0.4 is 9.62 Å². The van der Waals surface area contributed by atoms with Gasteiger partial charge in [0, 0.05) is 12.1 Å². The van der Waals surface area contributed by atoms with Crippen molar-refractivity contribution in [2.45, 2.75) is 26.3 Å². The quantitative estimate of drug-likeness (QED) is 0.566. The molecule has 0 aliphatic rings. The van der Waals surface area contributed by atoms with E-state index in [0.717, 1.165) is 11.1 Å². The highest BCUT2D eigenvalue weighted by Crippen LogP contribution is 2.22. The number of carbonyl (C=O) groups excluding carboxylic acids is 1. The van der Waals surface area contributed by atoms with Crippen molar-refractivity contribution in [3.63, 3.8) is 0 Å². The summed E-state index contributed by atoms with van der Waals surface area (Å²) in [5.74, 6) is 0.0649. The van der Waals surface area contributed by atoms with Gasteiger partial charge in [0.15, 0.2) is 0 Å². The minimum absolute atomic E-state index is 0.145. The molecular weight excluding hydrogens is 408 g/mol. The minimum Gasteiger partial charge on any atom is -0.351 e. The van der Waals surface area contributed by atoms with E-state index in [1.54, 1.807) is 30.3 Å². The van der Waals surface area contributed by atoms with Gasteiger partial charge in [-0.2, -0.15) is 0 Å². The highest BCUT2D eigenvalue weighted by molar-refractivity contribution is 7.92. The lowest BCUT2D eigenvalue weighted by Gasteiger charge is -2.23. The van der Waals surface area contributed by atoms with E-state index in [4.69, 9.17) is 0 Å². The number of rotatable bonds is 8. The molecule has 0 spiro atoms. The molecule has 0 aromatic heterocycles. The molecule has 31 heavy (non-hydrogen) atoms. The van der Waals surface area contributed by atoms with Crippen LogP contribution in [0.3, 0.4) is 0 Å². The number of hydrogen-bond acceptors (Lipinski definition) is 3. The van der Waals surface area contributed by atoms with Gasteiger partial charge in [-0.3, -0.25) is 9.10 Å². The molecule has 0 heterocycles. The maximum Gasteiger partial charge on any atom is 0.251 e. The predicted octanol–water partition coefficient (Wildman–Crippen LogP) is 4.49. The Morgan fingerprint density at radius 2 is 1.65 bits per heavy atom. The first-order chi connectivity index (χ1) is 14.7. The molecule has 0 unspecified atom stereocenters. The van der Waals surface area contributed by atoms with E-state index in [1.807, 2.05) is 55.5 Å². The molecule has 0 aliphatic carbocycles. The first-order valence-corrected chi connectivity index (χ1v) is 12.1. The summed E-state index contributed by atoms with van der Waals surface area (Å²) in [5, 5.41) is 2.97. The van der Waals surface area contributed by atoms with Crippen molar-refractivity contribution < 1.29 is 13.2 Å². The fourth-order valence-electron chi connectivity index (χ4n) is 3.36. The molecule has 1 atom stereocenters. The van der Waals surface area contributed by atoms with Crippen LogP contribution >= 0.6 is 0 Å². The van der Waals surface area contributed by atoms with Gasteiger partial charge in [0.2, 0.25) is 10.0 Å². The number of sulfonamides is 1. The van der Waals surface area contributed by atoms with Crippen LogP contribution in [0, 0.1) is 6.92 Å². The van der Waals surface area contributed by atoms with E-state index in [2.05, 4.69) is 12.2 Å². The van der Waals surface area contributed by atoms with Crippen molar-refractivity contribution in [2.24, 2.45) is 0 Å². The summed E-state index contributed by atoms with van der Waals surface area (Å²) < 4.78 is 26.1. The standard InChI is InChI=1S/C25H28N2O3S/c1-19-8-7-11-24(16-19)27(31(3,29)30)18-21-12-14-23(15-13-21)25(28)26-17-20(2)22-9-5-4-6-10-22/h4-16,20H,17-18H2,1-3H3,(H,26,28)/t20-/m1/s1. The van der Waals surface area contributed by atoms with Crippen LogP contribution in [0.4, 0.5) is 5.69 Å². The van der Waals surface area contributed by atoms with Gasteiger partial charge in [-0.15, -0.1) is 0 Å². The predicted molar refractivity (Wildman–Crippen MR) is 126 cm³/mol. The van der Waals surface area contributed by atoms with Gasteiger partial charge >= 0.3 is 0 Å². The summed E-state index contributed by atoms with van der Waals surface area (Å²) >= 11 is 0. The fourth-order valence-corrected chi connectivity index (χ4v) is 4.24. The minimum atomic E-state index is -3.45. The Kier molecular flexibility index (Phi) is 7.13. The van der Waals surface area contributed by atoms with E-state index < -0.39 is 10.0 Å². The molecular formula is C25H28N2O3S. The molecule has 0 fully saturated rings. The van der Waals surface area contributed by atoms with Gasteiger partial charge in [0.25, 0.3) is 5.91 Å². The van der Waals surface area contributed by atoms with Crippen LogP contribution in [-0.4, -0.2) is 27.1 Å². The van der Waals surface area contributed by atoms with Crippen LogP contribution in [0.25, 0.3) is 0 Å². The van der Waals surface area contributed by atoms with Crippen LogP contribution in [0.2, 0.25) is 0 Å². The number of aryl methyl sites for hydroxylation is 1. The molecule has 0 saturated heterocycles. The summed E-state index contributed by atoms with van der Waals surface area (Å²) in [4.78, 5) is 12.5. The Balaban J connectivity index is 1.66. The monoisotopic (exact) mass is 436 g/mol. The second kappa shape index (κ2) is 9.79. The van der Waals surface area contributed by atoms with Crippen LogP contribution in [0.5, 0.6) is 0 Å². The van der Waals surface area contributed by atoms with E-state index >= 15 is 0 Å². The Morgan fingerprint density at radius 1 is 0.968 bits per heavy atom. The molecule has 1 N–H and O–H groups in total. The van der Waals surface area contributed by atoms with Crippen LogP contribution in [-0.2, 0) is 16.6 Å². The zero-order chi connectivity index (χ0) is 22.4. The lowest BCUT2D eigenvalue weighted by Crippen LogP contribution is -2.29. The molecule has 6 heteroatoms. The number of anilines is 1. The van der Waals surface area contributed by atoms with Gasteiger partial charge in [-0.05, 0) is 53.8 Å². The van der Waals surface area contributed by atoms with Crippen molar-refractivity contribution in [3.05, 3.63) is 101 Å². The summed E-state index contributed by atoms with van der Waals surface area (Å²) in [6, 6.07) is 24.5. The Morgan fingerprint density at radius 3 is 2.26 bits per heavy atom. The van der Waals surface area contributed by atoms with Crippen molar-refractivity contribution in [2.75, 3.05) is 17.1 Å². The van der Waals surface area contributed by atoms with E-state index in [9.17, 15) is 13.2 Å². The number of carbonyl (C=O) groups is 1. The molecule has 0 aliphatic heterocycles. The second-order valence-electron chi connectivity index (χ2n) is 7.83. The average molecular weight is 437 g/mol. The molecule has 3 rings (SSSR count). The van der Waals surface area contributed by atoms with Crippen molar-refractivity contribution in [1.29, 1.82) is 0 Å². The fraction of sp³-hybridized carbons (Fsp3) is 0.240. The average Bonchev–Trinajstić information content (AvgIpc) is 2.75. The zero-order valence-corrected chi connectivity index (χ0v) is 18.9. The first-order valence-electron chi connectivity index (χ1n) is 10.2. The Bertz CT molecular complexity index is 1130. The van der Waals surface area contributed by atoms with Gasteiger partial charge in [-0.25, -0.2) is 8.42 Å². The van der Waals surface area contributed by atoms with E-state index in [1.165, 1.54) is 16.1 Å². The molecule has 0 saturated carbocycles. The highest BCUT2D eigenvalue weighted by Gasteiger charge is 2.18. The third-order valence-corrected chi connectivity index (χ3v) is 6.31. The highest BCUT2D eigenvalue weighted by atomic mass is 32.2. The van der Waals surface area contributed by atoms with E-state index in [0.29, 0.717) is 17.8 Å². The molecule has 5 nitrogen and oxygen atoms in total. The summed E-state index contributed by atoms with van der Waals surface area (Å²) in [6.07, 6.45) is 1.20. The molecule has 162 valence electrons. The molecule has 0 radical (unpaired) electrons. The summed E-state index contributed by atoms with van der Waals surface area (Å²) in [7, 11) is -3.45. The molecule has 3 aromatic rings. The molecule has 0 bridgehead atoms. The van der Waals surface area contributed by atoms with Crippen molar-refractivity contribution >= 4 is 21.6 Å². The lowest BCUT2D eigenvalue weighted by atomic mass is 10.0. The Labute approximate surface area is 184 Å². The number of amides is 1. The van der Waals surface area contributed by atoms with Crippen molar-refractivity contribution in [3.8, 4) is 0 Å². The largest absolute Gasteiger partial charge is 0.351 e. The van der Waals surface area contributed by atoms with Crippen LogP contribution in [0.15, 0.2) is 78.9 Å². The van der Waals surface area contributed by atoms with Crippen LogP contribution in [0.1, 0.15) is 39.9 Å². The zero-order valence-electron chi connectivity index (χ0n) is 18.1. The Hall–Kier alpha value is -3.12. The lowest BCUT2D eigenvalue weighted by molar-refractivity contribution is 0.0951. The number of hydrogen-bond donors (Lipinski definition) is 1. The van der Waals surface area contributed by atoms with E-state index in [-0.39, 0.29) is 18.4 Å². The smallest absolute Gasteiger partial charge is 0.251 e. The summed E-state index contributed by atoms with van der Waals surface area (Å²) in [6.45, 7) is 4.74. The van der Waals surface area contributed by atoms with Gasteiger partial charge in [0.1, 0.15) is 0 Å². The van der Waals surface area contributed by atoms with Gasteiger partial charge < -0.3 is 5.32 Å². The summed E-state index contributed by atoms with van der Waals surface area (Å²) in [5.41, 5.74) is 4.14. The maximum atomic E-state index is 12.5. The maximum absolute atomic E-state index is 12.5. The van der Waals surface area contributed by atoms with Gasteiger partial charge in [-0.1, -0.05) is 61.5 Å². The number of nitrogens with zero attached hydrogens (tertiary/aromatic N) is 1. The molecule has 3 aromatic carbocycles. The normalized spacial score (nSPS) is 12.2. The number of benzene rings is 3. The van der Waals surface area contributed by atoms with Crippen molar-refractivity contribution in [1.82, 2.24) is 5.32 Å². The first kappa shape index (κ1) is 22.6. The second-order valence-corrected chi connectivity index (χ2v) is 9.73. The number of nitrogens with one attached hydrogen (secondary N) is 1. The third kappa shape index (κ3) is 6.18. The SMILES string of the molecule is Cc1cccc(N(Cc2ccc(C(=O)NC[C@@H](C)c3ccccc3)cc2)S(C)(=O)=O)c1. The topological polar surface area (TPSA) is 66.5 Å². The third-order valence-electron chi connectivity index (χ3n) is 5.17.